The van der Waals surface area contributed by atoms with Crippen LogP contribution in [0.3, 0.4) is 0 Å². The highest BCUT2D eigenvalue weighted by atomic mass is 32.2. The molecular weight excluding hydrogens is 304 g/mol. The number of hydrogen-bond donors (Lipinski definition) is 2. The van der Waals surface area contributed by atoms with Crippen molar-refractivity contribution in [2.45, 2.75) is 11.8 Å². The fraction of sp³-hybridized carbons (Fsp3) is 0.286. The quantitative estimate of drug-likeness (QED) is 0.738. The number of aliphatic carboxylic acids is 1. The predicted octanol–water partition coefficient (Wildman–Crippen LogP) is 0.592. The van der Waals surface area contributed by atoms with E-state index >= 15 is 0 Å². The lowest BCUT2D eigenvalue weighted by Gasteiger charge is -2.44. The fourth-order valence-electron chi connectivity index (χ4n) is 2.92. The maximum atomic E-state index is 11.7. The van der Waals surface area contributed by atoms with Gasteiger partial charge in [0.2, 0.25) is 5.91 Å². The first-order chi connectivity index (χ1) is 10.6. The number of carbonyl (C=O) groups excluding carboxylic acids is 1. The van der Waals surface area contributed by atoms with E-state index in [0.717, 1.165) is 11.4 Å². The van der Waals surface area contributed by atoms with Gasteiger partial charge in [-0.05, 0) is 17.7 Å². The number of carboxylic acids is 1. The summed E-state index contributed by atoms with van der Waals surface area (Å²) in [4.78, 5) is 26.7. The van der Waals surface area contributed by atoms with Crippen molar-refractivity contribution < 1.29 is 14.7 Å². The van der Waals surface area contributed by atoms with Crippen LogP contribution in [-0.2, 0) is 9.59 Å². The number of nitrogens with one attached hydrogen (secondary N) is 1. The van der Waals surface area contributed by atoms with Crippen molar-refractivity contribution in [3.8, 4) is 0 Å². The Labute approximate surface area is 131 Å². The summed E-state index contributed by atoms with van der Waals surface area (Å²) in [5.74, 6) is 0.440. The second kappa shape index (κ2) is 4.84. The summed E-state index contributed by atoms with van der Waals surface area (Å²) in [6.45, 7) is 0.458. The molecule has 2 N–H and O–H groups in total. The molecule has 0 saturated carbocycles. The third kappa shape index (κ3) is 1.91. The Kier molecular flexibility index (Phi) is 2.93. The molecule has 0 radical (unpaired) electrons. The van der Waals surface area contributed by atoms with E-state index in [9.17, 15) is 14.7 Å². The van der Waals surface area contributed by atoms with Crippen LogP contribution in [0.5, 0.6) is 0 Å². The van der Waals surface area contributed by atoms with Gasteiger partial charge in [-0.3, -0.25) is 9.69 Å². The molecule has 0 bridgehead atoms. The van der Waals surface area contributed by atoms with Crippen LogP contribution in [0, 0.1) is 0 Å². The smallest absolute Gasteiger partial charge is 0.352 e. The van der Waals surface area contributed by atoms with Crippen molar-refractivity contribution in [1.29, 1.82) is 0 Å². The van der Waals surface area contributed by atoms with Crippen LogP contribution in [0.1, 0.15) is 6.42 Å². The minimum Gasteiger partial charge on any atom is -0.477 e. The molecule has 0 aromatic carbocycles. The van der Waals surface area contributed by atoms with Crippen LogP contribution >= 0.6 is 11.8 Å². The molecule has 114 valence electrons. The average Bonchev–Trinajstić information content (AvgIpc) is 2.90. The molecule has 4 heterocycles. The lowest BCUT2D eigenvalue weighted by molar-refractivity contribution is -0.146. The summed E-state index contributed by atoms with van der Waals surface area (Å²) in [5, 5.41) is 11.4. The van der Waals surface area contributed by atoms with E-state index in [2.05, 4.69) is 5.43 Å². The zero-order valence-corrected chi connectivity index (χ0v) is 12.4. The van der Waals surface area contributed by atoms with E-state index in [-0.39, 0.29) is 17.0 Å². The maximum Gasteiger partial charge on any atom is 0.352 e. The number of β-lactam (4-membered cyclic amide) rings is 1. The van der Waals surface area contributed by atoms with Crippen LogP contribution in [0.15, 0.2) is 47.8 Å². The van der Waals surface area contributed by atoms with Gasteiger partial charge in [-0.15, -0.1) is 11.8 Å². The van der Waals surface area contributed by atoms with Crippen molar-refractivity contribution in [3.63, 3.8) is 0 Å². The van der Waals surface area contributed by atoms with Gasteiger partial charge in [0, 0.05) is 30.9 Å². The molecule has 0 aromatic rings. The number of carbonyl (C=O) groups is 2. The zero-order chi connectivity index (χ0) is 15.3. The first-order valence-corrected chi connectivity index (χ1v) is 7.96. The predicted molar refractivity (Wildman–Crippen MR) is 80.4 cm³/mol. The van der Waals surface area contributed by atoms with Crippen molar-refractivity contribution in [3.05, 3.63) is 47.8 Å². The molecular formula is C14H14N4O3S. The van der Waals surface area contributed by atoms with Gasteiger partial charge in [0.05, 0.1) is 11.8 Å². The van der Waals surface area contributed by atoms with Crippen LogP contribution in [0.2, 0.25) is 0 Å². The lowest BCUT2D eigenvalue weighted by atomic mass is 10.1. The molecule has 1 saturated heterocycles. The number of rotatable bonds is 3. The highest BCUT2D eigenvalue weighted by Crippen LogP contribution is 2.40. The van der Waals surface area contributed by atoms with E-state index < -0.39 is 5.97 Å². The van der Waals surface area contributed by atoms with Crippen LogP contribution in [0.25, 0.3) is 0 Å². The third-order valence-electron chi connectivity index (χ3n) is 3.99. The summed E-state index contributed by atoms with van der Waals surface area (Å²) in [5.41, 5.74) is 4.00. The summed E-state index contributed by atoms with van der Waals surface area (Å²) in [6.07, 6.45) is 9.87. The molecule has 1 atom stereocenters. The summed E-state index contributed by atoms with van der Waals surface area (Å²) >= 11 is 1.63. The van der Waals surface area contributed by atoms with Gasteiger partial charge < -0.3 is 15.4 Å². The average molecular weight is 318 g/mol. The Bertz CT molecular complexity index is 682. The Morgan fingerprint density at radius 1 is 1.45 bits per heavy atom. The van der Waals surface area contributed by atoms with Crippen molar-refractivity contribution in [2.24, 2.45) is 0 Å². The zero-order valence-electron chi connectivity index (χ0n) is 11.6. The molecule has 4 rings (SSSR count). The summed E-state index contributed by atoms with van der Waals surface area (Å²) < 4.78 is 0. The van der Waals surface area contributed by atoms with Gasteiger partial charge >= 0.3 is 5.97 Å². The second-order valence-corrected chi connectivity index (χ2v) is 6.47. The number of nitrogens with zero attached hydrogens (tertiary/aromatic N) is 3. The molecule has 1 amide bonds. The molecule has 0 spiro atoms. The fourth-order valence-corrected chi connectivity index (χ4v) is 4.17. The monoisotopic (exact) mass is 318 g/mol. The molecule has 4 aliphatic heterocycles. The van der Waals surface area contributed by atoms with Crippen LogP contribution in [0.4, 0.5) is 0 Å². The van der Waals surface area contributed by atoms with E-state index in [1.807, 2.05) is 40.7 Å². The largest absolute Gasteiger partial charge is 0.477 e. The lowest BCUT2D eigenvalue weighted by Crippen LogP contribution is -2.54. The van der Waals surface area contributed by atoms with Gasteiger partial charge in [-0.1, -0.05) is 0 Å². The molecule has 0 aromatic heterocycles. The number of allylic oxidation sites excluding steroid dienone is 2. The number of thioether (sulfide) groups is 1. The van der Waals surface area contributed by atoms with Crippen LogP contribution < -0.4 is 5.43 Å². The standard InChI is InChI=1S/C14H14N4O3S/c19-11-6-12-18(11)13(14(20)21)9(8-22-12)7-16-4-5-17-10(16)2-1-3-15-17/h1-5,12,15H,6-8H2,(H,20,21)/t12-/m0/s1. The number of fused-ring (bicyclic) bond motifs is 2. The van der Waals surface area contributed by atoms with Gasteiger partial charge in [0.25, 0.3) is 0 Å². The van der Waals surface area contributed by atoms with Gasteiger partial charge in [0.15, 0.2) is 0 Å². The van der Waals surface area contributed by atoms with Crippen LogP contribution in [-0.4, -0.2) is 49.5 Å². The number of carboxylic acid groups (broad SMARTS) is 1. The summed E-state index contributed by atoms with van der Waals surface area (Å²) in [7, 11) is 0. The van der Waals surface area contributed by atoms with E-state index in [0.29, 0.717) is 18.7 Å². The maximum absolute atomic E-state index is 11.7. The normalized spacial score (nSPS) is 25.6. The first-order valence-electron chi connectivity index (χ1n) is 6.91. The molecule has 22 heavy (non-hydrogen) atoms. The molecule has 0 unspecified atom stereocenters. The molecule has 1 fully saturated rings. The Hall–Kier alpha value is -2.35. The first kappa shape index (κ1) is 13.3. The molecule has 7 nitrogen and oxygen atoms in total. The Balaban J connectivity index is 1.63. The topological polar surface area (TPSA) is 76.1 Å². The van der Waals surface area contributed by atoms with Gasteiger partial charge in [-0.25, -0.2) is 9.80 Å². The number of hydrazine groups is 1. The van der Waals surface area contributed by atoms with Gasteiger partial charge in [-0.2, -0.15) is 0 Å². The SMILES string of the molecule is O=C(O)C1=C(CN2C=CN3NC=CC=C23)CS[C@H]2CC(=O)N12. The molecule has 0 aliphatic carbocycles. The second-order valence-electron chi connectivity index (χ2n) is 5.30. The highest BCUT2D eigenvalue weighted by molar-refractivity contribution is 8.00. The molecule has 8 heteroatoms. The Morgan fingerprint density at radius 2 is 2.32 bits per heavy atom. The van der Waals surface area contributed by atoms with Gasteiger partial charge in [0.1, 0.15) is 11.5 Å². The Morgan fingerprint density at radius 3 is 3.09 bits per heavy atom. The van der Waals surface area contributed by atoms with E-state index in [1.54, 1.807) is 11.8 Å². The van der Waals surface area contributed by atoms with E-state index in [1.165, 1.54) is 4.90 Å². The van der Waals surface area contributed by atoms with Crippen molar-refractivity contribution in [2.75, 3.05) is 12.3 Å². The minimum atomic E-state index is -1.02. The van der Waals surface area contributed by atoms with Crippen molar-refractivity contribution >= 4 is 23.6 Å². The van der Waals surface area contributed by atoms with Crippen molar-refractivity contribution in [1.82, 2.24) is 20.2 Å². The third-order valence-corrected chi connectivity index (χ3v) is 5.26. The highest BCUT2D eigenvalue weighted by Gasteiger charge is 2.45. The van der Waals surface area contributed by atoms with E-state index in [4.69, 9.17) is 0 Å². The number of amides is 1. The molecule has 4 aliphatic rings. The number of hydrogen-bond acceptors (Lipinski definition) is 6. The minimum absolute atomic E-state index is 0.00790. The summed E-state index contributed by atoms with van der Waals surface area (Å²) in [6, 6.07) is 0.